The molecular formula is C17H14BrN3O5S. The fourth-order valence-electron chi connectivity index (χ4n) is 2.18. The van der Waals surface area contributed by atoms with Gasteiger partial charge in [-0.3, -0.25) is 10.1 Å². The Balaban J connectivity index is 1.67. The van der Waals surface area contributed by atoms with E-state index in [9.17, 15) is 13.2 Å². The lowest BCUT2D eigenvalue weighted by Gasteiger charge is -2.05. The Labute approximate surface area is 163 Å². The summed E-state index contributed by atoms with van der Waals surface area (Å²) < 4.78 is 35.9. The Morgan fingerprint density at radius 2 is 1.78 bits per heavy atom. The molecule has 0 spiro atoms. The molecule has 0 atom stereocenters. The number of methoxy groups -OCH3 is 1. The van der Waals surface area contributed by atoms with Crippen molar-refractivity contribution >= 4 is 37.7 Å². The van der Waals surface area contributed by atoms with Crippen molar-refractivity contribution in [2.24, 2.45) is 0 Å². The zero-order valence-electron chi connectivity index (χ0n) is 14.0. The van der Waals surface area contributed by atoms with Crippen LogP contribution < -0.4 is 10.1 Å². The van der Waals surface area contributed by atoms with E-state index in [1.54, 1.807) is 24.3 Å². The lowest BCUT2D eigenvalue weighted by molar-refractivity contribution is -0.114. The summed E-state index contributed by atoms with van der Waals surface area (Å²) in [7, 11) is -2.34. The molecular weight excluding hydrogens is 438 g/mol. The number of nitrogens with zero attached hydrogens (tertiary/aromatic N) is 2. The standard InChI is InChI=1S/C17H14BrN3O5S/c1-25-13-6-8-14(9-7-13)27(23,24)10-15(22)19-17-21-20-16(26-17)11-2-4-12(18)5-3-11/h2-9H,10H2,1H3,(H,19,21,22). The van der Waals surface area contributed by atoms with Crippen molar-refractivity contribution in [3.8, 4) is 17.2 Å². The molecule has 0 aliphatic rings. The highest BCUT2D eigenvalue weighted by molar-refractivity contribution is 9.10. The molecule has 10 heteroatoms. The van der Waals surface area contributed by atoms with Gasteiger partial charge in [0.15, 0.2) is 9.84 Å². The van der Waals surface area contributed by atoms with Gasteiger partial charge in [0.05, 0.1) is 12.0 Å². The molecule has 1 N–H and O–H groups in total. The van der Waals surface area contributed by atoms with Gasteiger partial charge in [0.2, 0.25) is 11.8 Å². The highest BCUT2D eigenvalue weighted by atomic mass is 79.9. The predicted molar refractivity (Wildman–Crippen MR) is 101 cm³/mol. The summed E-state index contributed by atoms with van der Waals surface area (Å²) in [4.78, 5) is 12.1. The van der Waals surface area contributed by atoms with E-state index >= 15 is 0 Å². The van der Waals surface area contributed by atoms with Crippen LogP contribution in [-0.2, 0) is 14.6 Å². The maximum Gasteiger partial charge on any atom is 0.322 e. The van der Waals surface area contributed by atoms with Gasteiger partial charge in [-0.05, 0) is 48.5 Å². The van der Waals surface area contributed by atoms with Crippen molar-refractivity contribution in [1.29, 1.82) is 0 Å². The van der Waals surface area contributed by atoms with Gasteiger partial charge in [-0.15, -0.1) is 5.10 Å². The first kappa shape index (κ1) is 19.1. The zero-order chi connectivity index (χ0) is 19.4. The Hall–Kier alpha value is -2.72. The molecule has 3 aromatic rings. The van der Waals surface area contributed by atoms with E-state index in [4.69, 9.17) is 9.15 Å². The molecule has 0 aliphatic carbocycles. The van der Waals surface area contributed by atoms with Crippen molar-refractivity contribution in [2.75, 3.05) is 18.2 Å². The number of amides is 1. The molecule has 27 heavy (non-hydrogen) atoms. The minimum absolute atomic E-state index is 0.0135. The van der Waals surface area contributed by atoms with E-state index in [0.717, 1.165) is 4.47 Å². The third-order valence-electron chi connectivity index (χ3n) is 3.50. The molecule has 0 fully saturated rings. The number of halogens is 1. The molecule has 140 valence electrons. The monoisotopic (exact) mass is 451 g/mol. The molecule has 0 saturated carbocycles. The van der Waals surface area contributed by atoms with Crippen LogP contribution in [0.5, 0.6) is 5.75 Å². The first-order valence-electron chi connectivity index (χ1n) is 7.63. The van der Waals surface area contributed by atoms with E-state index in [0.29, 0.717) is 11.3 Å². The molecule has 0 bridgehead atoms. The Bertz CT molecular complexity index is 1050. The number of anilines is 1. The normalized spacial score (nSPS) is 11.2. The van der Waals surface area contributed by atoms with E-state index < -0.39 is 21.5 Å². The Morgan fingerprint density at radius 3 is 2.41 bits per heavy atom. The van der Waals surface area contributed by atoms with Crippen LogP contribution >= 0.6 is 15.9 Å². The smallest absolute Gasteiger partial charge is 0.322 e. The first-order chi connectivity index (χ1) is 12.9. The van der Waals surface area contributed by atoms with Gasteiger partial charge < -0.3 is 9.15 Å². The number of hydrogen-bond donors (Lipinski definition) is 1. The van der Waals surface area contributed by atoms with Crippen molar-refractivity contribution in [3.63, 3.8) is 0 Å². The van der Waals surface area contributed by atoms with E-state index in [1.165, 1.54) is 31.4 Å². The number of carbonyl (C=O) groups is 1. The number of benzene rings is 2. The van der Waals surface area contributed by atoms with Crippen molar-refractivity contribution in [1.82, 2.24) is 10.2 Å². The number of hydrogen-bond acceptors (Lipinski definition) is 7. The largest absolute Gasteiger partial charge is 0.497 e. The van der Waals surface area contributed by atoms with E-state index in [-0.39, 0.29) is 16.8 Å². The van der Waals surface area contributed by atoms with Gasteiger partial charge in [0.1, 0.15) is 11.5 Å². The van der Waals surface area contributed by atoms with E-state index in [2.05, 4.69) is 31.4 Å². The van der Waals surface area contributed by atoms with Crippen LogP contribution in [0, 0.1) is 0 Å². The maximum absolute atomic E-state index is 12.3. The van der Waals surface area contributed by atoms with Crippen LogP contribution in [0.3, 0.4) is 0 Å². The van der Waals surface area contributed by atoms with Crippen LogP contribution in [0.15, 0.2) is 62.3 Å². The summed E-state index contributed by atoms with van der Waals surface area (Å²) >= 11 is 3.32. The summed E-state index contributed by atoms with van der Waals surface area (Å²) in [5.74, 6) is -0.813. The number of aromatic nitrogens is 2. The minimum Gasteiger partial charge on any atom is -0.497 e. The lowest BCUT2D eigenvalue weighted by Crippen LogP contribution is -2.23. The van der Waals surface area contributed by atoms with Crippen LogP contribution in [0.4, 0.5) is 6.01 Å². The van der Waals surface area contributed by atoms with Gasteiger partial charge in [-0.25, -0.2) is 8.42 Å². The third-order valence-corrected chi connectivity index (χ3v) is 5.66. The summed E-state index contributed by atoms with van der Waals surface area (Å²) in [6.07, 6.45) is 0. The molecule has 1 heterocycles. The minimum atomic E-state index is -3.82. The molecule has 8 nitrogen and oxygen atoms in total. The summed E-state index contributed by atoms with van der Waals surface area (Å²) in [6.45, 7) is 0. The zero-order valence-corrected chi connectivity index (χ0v) is 16.5. The van der Waals surface area contributed by atoms with Crippen LogP contribution in [0.1, 0.15) is 0 Å². The molecule has 0 unspecified atom stereocenters. The lowest BCUT2D eigenvalue weighted by atomic mass is 10.2. The molecule has 0 radical (unpaired) electrons. The van der Waals surface area contributed by atoms with Crippen molar-refractivity contribution in [3.05, 3.63) is 53.0 Å². The Morgan fingerprint density at radius 1 is 1.11 bits per heavy atom. The third kappa shape index (κ3) is 4.72. The fourth-order valence-corrected chi connectivity index (χ4v) is 3.58. The number of rotatable bonds is 6. The second kappa shape index (κ2) is 7.89. The summed E-state index contributed by atoms with van der Waals surface area (Å²) in [5, 5.41) is 9.84. The number of carbonyl (C=O) groups excluding carboxylic acids is 1. The van der Waals surface area contributed by atoms with Crippen molar-refractivity contribution in [2.45, 2.75) is 4.90 Å². The van der Waals surface area contributed by atoms with Gasteiger partial charge in [0, 0.05) is 10.0 Å². The molecule has 1 amide bonds. The topological polar surface area (TPSA) is 111 Å². The van der Waals surface area contributed by atoms with Crippen molar-refractivity contribution < 1.29 is 22.4 Å². The number of nitrogens with one attached hydrogen (secondary N) is 1. The van der Waals surface area contributed by atoms with Gasteiger partial charge in [-0.2, -0.15) is 0 Å². The number of ether oxygens (including phenoxy) is 1. The summed E-state index contributed by atoms with van der Waals surface area (Å²) in [5.41, 5.74) is 0.664. The molecule has 1 aromatic heterocycles. The van der Waals surface area contributed by atoms with Gasteiger partial charge in [0.25, 0.3) is 0 Å². The second-order valence-corrected chi connectivity index (χ2v) is 8.31. The summed E-state index contributed by atoms with van der Waals surface area (Å²) in [6, 6.07) is 12.7. The maximum atomic E-state index is 12.3. The van der Waals surface area contributed by atoms with E-state index in [1.807, 2.05) is 0 Å². The first-order valence-corrected chi connectivity index (χ1v) is 10.1. The van der Waals surface area contributed by atoms with Crippen LogP contribution in [0.2, 0.25) is 0 Å². The molecule has 2 aromatic carbocycles. The quantitative estimate of drug-likeness (QED) is 0.612. The highest BCUT2D eigenvalue weighted by Crippen LogP contribution is 2.22. The second-order valence-electron chi connectivity index (χ2n) is 5.40. The average Bonchev–Trinajstić information content (AvgIpc) is 3.10. The fraction of sp³-hybridized carbons (Fsp3) is 0.118. The van der Waals surface area contributed by atoms with Gasteiger partial charge >= 0.3 is 6.01 Å². The van der Waals surface area contributed by atoms with Gasteiger partial charge in [-0.1, -0.05) is 21.0 Å². The highest BCUT2D eigenvalue weighted by Gasteiger charge is 2.21. The molecule has 0 aliphatic heterocycles. The number of sulfone groups is 1. The SMILES string of the molecule is COc1ccc(S(=O)(=O)CC(=O)Nc2nnc(-c3ccc(Br)cc3)o2)cc1. The molecule has 0 saturated heterocycles. The average molecular weight is 452 g/mol. The van der Waals surface area contributed by atoms with Crippen LogP contribution in [-0.4, -0.2) is 37.4 Å². The van der Waals surface area contributed by atoms with Crippen LogP contribution in [0.25, 0.3) is 11.5 Å². The Kier molecular flexibility index (Phi) is 5.57. The molecule has 3 rings (SSSR count). The predicted octanol–water partition coefficient (Wildman–Crippen LogP) is 2.92.